The van der Waals surface area contributed by atoms with Crippen LogP contribution in [-0.4, -0.2) is 53.3 Å². The Morgan fingerprint density at radius 1 is 1.00 bits per heavy atom. The minimum absolute atomic E-state index is 0.148. The van der Waals surface area contributed by atoms with E-state index in [9.17, 15) is 8.42 Å². The van der Waals surface area contributed by atoms with Crippen LogP contribution in [0.4, 0.5) is 0 Å². The summed E-state index contributed by atoms with van der Waals surface area (Å²) in [7, 11) is -3.62. The van der Waals surface area contributed by atoms with Gasteiger partial charge in [-0.1, -0.05) is 35.3 Å². The Bertz CT molecular complexity index is 1090. The number of nitrogens with one attached hydrogen (secondary N) is 1. The van der Waals surface area contributed by atoms with E-state index in [4.69, 9.17) is 23.2 Å². The first kappa shape index (κ1) is 22.3. The highest BCUT2D eigenvalue weighted by molar-refractivity contribution is 7.89. The standard InChI is InChI=1S/C22H24Cl2N4O2S/c23-18-3-1-17(2-4-18)14-27-11-12-28(21(15-27)8-7-20-13-25-16-26-20)31(29,30)22-9-5-19(24)6-10-22/h1-6,9-10,13,16,21H,7-8,11-12,14-15H2,(H,25,26). The van der Waals surface area contributed by atoms with Crippen molar-refractivity contribution in [2.75, 3.05) is 19.6 Å². The second-order valence-electron chi connectivity index (χ2n) is 7.70. The molecule has 1 aromatic heterocycles. The van der Waals surface area contributed by atoms with Crippen LogP contribution >= 0.6 is 23.2 Å². The Labute approximate surface area is 192 Å². The Hall–Kier alpha value is -1.90. The molecule has 1 aliphatic heterocycles. The Morgan fingerprint density at radius 3 is 2.32 bits per heavy atom. The number of nitrogens with zero attached hydrogens (tertiary/aromatic N) is 3. The van der Waals surface area contributed by atoms with Gasteiger partial charge in [-0.15, -0.1) is 0 Å². The molecule has 0 bridgehead atoms. The van der Waals surface area contributed by atoms with Gasteiger partial charge < -0.3 is 4.98 Å². The molecule has 164 valence electrons. The van der Waals surface area contributed by atoms with E-state index in [1.165, 1.54) is 0 Å². The number of H-pyrrole nitrogens is 1. The maximum absolute atomic E-state index is 13.4. The van der Waals surface area contributed by atoms with Crippen LogP contribution in [0.15, 0.2) is 66.0 Å². The van der Waals surface area contributed by atoms with E-state index in [-0.39, 0.29) is 10.9 Å². The lowest BCUT2D eigenvalue weighted by Gasteiger charge is -2.40. The highest BCUT2D eigenvalue weighted by atomic mass is 35.5. The van der Waals surface area contributed by atoms with E-state index in [0.29, 0.717) is 36.1 Å². The third-order valence-electron chi connectivity index (χ3n) is 5.55. The van der Waals surface area contributed by atoms with Crippen LogP contribution in [0.25, 0.3) is 0 Å². The fourth-order valence-electron chi connectivity index (χ4n) is 3.93. The van der Waals surface area contributed by atoms with E-state index in [1.54, 1.807) is 41.1 Å². The van der Waals surface area contributed by atoms with Gasteiger partial charge in [-0.3, -0.25) is 4.90 Å². The predicted molar refractivity (Wildman–Crippen MR) is 123 cm³/mol. The highest BCUT2D eigenvalue weighted by Crippen LogP contribution is 2.26. The number of hydrogen-bond acceptors (Lipinski definition) is 4. The highest BCUT2D eigenvalue weighted by Gasteiger charge is 2.35. The van der Waals surface area contributed by atoms with Gasteiger partial charge in [-0.2, -0.15) is 4.31 Å². The van der Waals surface area contributed by atoms with Crippen LogP contribution in [0.2, 0.25) is 10.0 Å². The Morgan fingerprint density at radius 2 is 1.68 bits per heavy atom. The first-order valence-electron chi connectivity index (χ1n) is 10.1. The molecule has 2 heterocycles. The predicted octanol–water partition coefficient (Wildman–Crippen LogP) is 4.22. The monoisotopic (exact) mass is 478 g/mol. The summed E-state index contributed by atoms with van der Waals surface area (Å²) in [5, 5.41) is 1.22. The summed E-state index contributed by atoms with van der Waals surface area (Å²) in [6.45, 7) is 2.51. The molecule has 31 heavy (non-hydrogen) atoms. The van der Waals surface area contributed by atoms with Crippen molar-refractivity contribution in [3.63, 3.8) is 0 Å². The van der Waals surface area contributed by atoms with Crippen molar-refractivity contribution in [2.24, 2.45) is 0 Å². The lowest BCUT2D eigenvalue weighted by Crippen LogP contribution is -2.54. The minimum Gasteiger partial charge on any atom is -0.348 e. The van der Waals surface area contributed by atoms with Gasteiger partial charge in [0.05, 0.1) is 11.2 Å². The van der Waals surface area contributed by atoms with E-state index < -0.39 is 10.0 Å². The zero-order chi connectivity index (χ0) is 21.8. The quantitative estimate of drug-likeness (QED) is 0.551. The van der Waals surface area contributed by atoms with Crippen LogP contribution in [0, 0.1) is 0 Å². The normalized spacial score (nSPS) is 18.3. The molecule has 0 saturated carbocycles. The molecule has 1 saturated heterocycles. The first-order valence-corrected chi connectivity index (χ1v) is 12.3. The number of rotatable bonds is 7. The van der Waals surface area contributed by atoms with Crippen molar-refractivity contribution in [1.82, 2.24) is 19.2 Å². The number of halogens is 2. The third-order valence-corrected chi connectivity index (χ3v) is 8.02. The number of sulfonamides is 1. The van der Waals surface area contributed by atoms with Crippen LogP contribution in [0.3, 0.4) is 0 Å². The van der Waals surface area contributed by atoms with Crippen molar-refractivity contribution in [2.45, 2.75) is 30.3 Å². The van der Waals surface area contributed by atoms with E-state index >= 15 is 0 Å². The Balaban J connectivity index is 1.53. The maximum Gasteiger partial charge on any atom is 0.243 e. The van der Waals surface area contributed by atoms with Gasteiger partial charge in [-0.25, -0.2) is 13.4 Å². The molecule has 1 N–H and O–H groups in total. The van der Waals surface area contributed by atoms with E-state index in [0.717, 1.165) is 24.2 Å². The molecular formula is C22H24Cl2N4O2S. The molecule has 9 heteroatoms. The summed E-state index contributed by atoms with van der Waals surface area (Å²) in [5.74, 6) is 0. The second kappa shape index (κ2) is 9.71. The smallest absolute Gasteiger partial charge is 0.243 e. The van der Waals surface area contributed by atoms with Crippen molar-refractivity contribution in [1.29, 1.82) is 0 Å². The number of aromatic amines is 1. The number of hydrogen-bond donors (Lipinski definition) is 1. The summed E-state index contributed by atoms with van der Waals surface area (Å²) >= 11 is 12.0. The zero-order valence-electron chi connectivity index (χ0n) is 16.9. The average Bonchev–Trinajstić information content (AvgIpc) is 3.28. The SMILES string of the molecule is O=S(=O)(c1ccc(Cl)cc1)N1CCN(Cc2ccc(Cl)cc2)CC1CCc1cnc[nH]1. The molecule has 4 rings (SSSR count). The summed E-state index contributed by atoms with van der Waals surface area (Å²) < 4.78 is 28.4. The molecule has 0 radical (unpaired) electrons. The summed E-state index contributed by atoms with van der Waals surface area (Å²) in [6.07, 6.45) is 4.86. The number of piperazine rings is 1. The van der Waals surface area contributed by atoms with Crippen molar-refractivity contribution in [3.05, 3.63) is 82.4 Å². The molecule has 0 spiro atoms. The first-order chi connectivity index (χ1) is 14.9. The van der Waals surface area contributed by atoms with Crippen molar-refractivity contribution in [3.8, 4) is 0 Å². The molecular weight excluding hydrogens is 455 g/mol. The lowest BCUT2D eigenvalue weighted by atomic mass is 10.1. The topological polar surface area (TPSA) is 69.3 Å². The van der Waals surface area contributed by atoms with Gasteiger partial charge in [0.25, 0.3) is 0 Å². The molecule has 3 aromatic rings. The lowest BCUT2D eigenvalue weighted by molar-refractivity contribution is 0.124. The van der Waals surface area contributed by atoms with Gasteiger partial charge in [0.2, 0.25) is 10.0 Å². The average molecular weight is 479 g/mol. The molecule has 0 aliphatic carbocycles. The molecule has 0 amide bonds. The van der Waals surface area contributed by atoms with Gasteiger partial charge in [0.15, 0.2) is 0 Å². The van der Waals surface area contributed by atoms with E-state index in [1.807, 2.05) is 24.3 Å². The zero-order valence-corrected chi connectivity index (χ0v) is 19.2. The van der Waals surface area contributed by atoms with Gasteiger partial charge >= 0.3 is 0 Å². The van der Waals surface area contributed by atoms with Crippen LogP contribution in [-0.2, 0) is 23.0 Å². The molecule has 2 aromatic carbocycles. The van der Waals surface area contributed by atoms with Crippen LogP contribution < -0.4 is 0 Å². The number of imidazole rings is 1. The third kappa shape index (κ3) is 5.48. The molecule has 1 fully saturated rings. The summed E-state index contributed by atoms with van der Waals surface area (Å²) in [4.78, 5) is 9.74. The van der Waals surface area contributed by atoms with Crippen molar-refractivity contribution < 1.29 is 8.42 Å². The fraction of sp³-hybridized carbons (Fsp3) is 0.318. The number of aryl methyl sites for hydroxylation is 1. The summed E-state index contributed by atoms with van der Waals surface area (Å²) in [6, 6.07) is 14.0. The van der Waals surface area contributed by atoms with Crippen molar-refractivity contribution >= 4 is 33.2 Å². The molecule has 1 atom stereocenters. The molecule has 1 unspecified atom stereocenters. The van der Waals surface area contributed by atoms with Crippen LogP contribution in [0.5, 0.6) is 0 Å². The Kier molecular flexibility index (Phi) is 6.99. The molecule has 6 nitrogen and oxygen atoms in total. The van der Waals surface area contributed by atoms with Gasteiger partial charge in [0, 0.05) is 54.2 Å². The number of benzene rings is 2. The van der Waals surface area contributed by atoms with Crippen LogP contribution in [0.1, 0.15) is 17.7 Å². The second-order valence-corrected chi connectivity index (χ2v) is 10.5. The summed E-state index contributed by atoms with van der Waals surface area (Å²) in [5.41, 5.74) is 2.16. The fourth-order valence-corrected chi connectivity index (χ4v) is 5.82. The minimum atomic E-state index is -3.62. The molecule has 1 aliphatic rings. The number of aromatic nitrogens is 2. The van der Waals surface area contributed by atoms with E-state index in [2.05, 4.69) is 14.9 Å². The van der Waals surface area contributed by atoms with Gasteiger partial charge in [-0.05, 0) is 54.8 Å². The largest absolute Gasteiger partial charge is 0.348 e. The maximum atomic E-state index is 13.4. The van der Waals surface area contributed by atoms with Gasteiger partial charge in [0.1, 0.15) is 0 Å².